The average molecular weight is 376 g/mol. The predicted molar refractivity (Wildman–Crippen MR) is 97.7 cm³/mol. The van der Waals surface area contributed by atoms with Crippen LogP contribution in [0.5, 0.6) is 0 Å². The van der Waals surface area contributed by atoms with Crippen LogP contribution in [-0.4, -0.2) is 45.9 Å². The second-order valence-electron chi connectivity index (χ2n) is 5.60. The third-order valence-corrected chi connectivity index (χ3v) is 4.87. The van der Waals surface area contributed by atoms with Crippen molar-refractivity contribution in [3.8, 4) is 0 Å². The number of benzene rings is 2. The summed E-state index contributed by atoms with van der Waals surface area (Å²) in [4.78, 5) is 25.2. The van der Waals surface area contributed by atoms with E-state index in [1.165, 1.54) is 35.2 Å². The number of ether oxygens (including phenoxy) is 1. The number of hydrogen-bond acceptors (Lipinski definition) is 5. The lowest BCUT2D eigenvalue weighted by Gasteiger charge is -2.15. The summed E-state index contributed by atoms with van der Waals surface area (Å²) in [5, 5.41) is 0. The molecule has 0 saturated carbocycles. The maximum atomic E-state index is 12.6. The molecular formula is C18H20N2O5S. The van der Waals surface area contributed by atoms with Gasteiger partial charge in [0.15, 0.2) is 0 Å². The molecule has 0 fully saturated rings. The number of carbonyl (C=O) groups excluding carboxylic acids is 2. The fourth-order valence-corrected chi connectivity index (χ4v) is 3.27. The minimum absolute atomic E-state index is 0.0300. The molecule has 1 amide bonds. The van der Waals surface area contributed by atoms with E-state index >= 15 is 0 Å². The molecule has 0 aliphatic carbocycles. The van der Waals surface area contributed by atoms with Gasteiger partial charge in [0.1, 0.15) is 0 Å². The first-order valence-electron chi connectivity index (χ1n) is 7.87. The normalized spacial score (nSPS) is 10.9. The third-order valence-electron chi connectivity index (χ3n) is 3.48. The summed E-state index contributed by atoms with van der Waals surface area (Å²) in [5.41, 5.74) is 0.680. The molecule has 0 aromatic heterocycles. The van der Waals surface area contributed by atoms with E-state index in [0.29, 0.717) is 0 Å². The number of carbonyl (C=O) groups is 2. The zero-order chi connectivity index (χ0) is 19.3. The van der Waals surface area contributed by atoms with E-state index in [1.54, 1.807) is 39.2 Å². The van der Waals surface area contributed by atoms with E-state index in [1.807, 2.05) is 0 Å². The van der Waals surface area contributed by atoms with Crippen molar-refractivity contribution >= 4 is 27.6 Å². The molecule has 1 N–H and O–H groups in total. The van der Waals surface area contributed by atoms with Crippen LogP contribution in [0.25, 0.3) is 0 Å². The summed E-state index contributed by atoms with van der Waals surface area (Å²) in [5.74, 6) is -0.840. The van der Waals surface area contributed by atoms with Crippen molar-refractivity contribution in [2.24, 2.45) is 0 Å². The summed E-state index contributed by atoms with van der Waals surface area (Å²) in [6.45, 7) is 1.92. The number of amides is 1. The van der Waals surface area contributed by atoms with Crippen molar-refractivity contribution in [3.63, 3.8) is 0 Å². The average Bonchev–Trinajstić information content (AvgIpc) is 2.61. The van der Waals surface area contributed by atoms with Crippen molar-refractivity contribution in [2.75, 3.05) is 25.4 Å². The molecule has 2 aromatic carbocycles. The van der Waals surface area contributed by atoms with E-state index in [-0.39, 0.29) is 34.2 Å². The maximum absolute atomic E-state index is 12.6. The Balaban J connectivity index is 2.30. The Morgan fingerprint density at radius 1 is 1.04 bits per heavy atom. The number of hydrogen-bond donors (Lipinski definition) is 1. The molecule has 0 saturated heterocycles. The predicted octanol–water partition coefficient (Wildman–Crippen LogP) is 2.37. The molecule has 0 atom stereocenters. The zero-order valence-corrected chi connectivity index (χ0v) is 15.5. The number of nitrogens with zero attached hydrogens (tertiary/aromatic N) is 1. The Morgan fingerprint density at radius 2 is 1.65 bits per heavy atom. The fraction of sp³-hybridized carbons (Fsp3) is 0.222. The molecule has 26 heavy (non-hydrogen) atoms. The van der Waals surface area contributed by atoms with Gasteiger partial charge in [0.2, 0.25) is 0 Å². The standard InChI is InChI=1S/C18H20N2O5S/c1-4-25-18(22)13-9-11-14(12-10-13)26(23,24)19-16-8-6-5-7-15(16)17(21)20(2)3/h5-12,19H,4H2,1-3H3. The van der Waals surface area contributed by atoms with Crippen LogP contribution in [0.1, 0.15) is 27.6 Å². The largest absolute Gasteiger partial charge is 0.462 e. The summed E-state index contributed by atoms with van der Waals surface area (Å²) in [7, 11) is -0.753. The van der Waals surface area contributed by atoms with Gasteiger partial charge in [0.25, 0.3) is 15.9 Å². The van der Waals surface area contributed by atoms with Crippen LogP contribution in [0.15, 0.2) is 53.4 Å². The highest BCUT2D eigenvalue weighted by atomic mass is 32.2. The van der Waals surface area contributed by atoms with Gasteiger partial charge in [-0.15, -0.1) is 0 Å². The highest BCUT2D eigenvalue weighted by Gasteiger charge is 2.20. The van der Waals surface area contributed by atoms with E-state index in [0.717, 1.165) is 0 Å². The Hall–Kier alpha value is -2.87. The first kappa shape index (κ1) is 19.5. The second kappa shape index (κ2) is 8.01. The Labute approximate surface area is 152 Å². The third kappa shape index (κ3) is 4.40. The number of sulfonamides is 1. The molecular weight excluding hydrogens is 356 g/mol. The second-order valence-corrected chi connectivity index (χ2v) is 7.28. The lowest BCUT2D eigenvalue weighted by Crippen LogP contribution is -2.24. The van der Waals surface area contributed by atoms with Gasteiger partial charge in [0.05, 0.1) is 28.3 Å². The number of esters is 1. The Morgan fingerprint density at radius 3 is 2.23 bits per heavy atom. The summed E-state index contributed by atoms with van der Waals surface area (Å²) in [6, 6.07) is 11.7. The number of rotatable bonds is 6. The topological polar surface area (TPSA) is 92.8 Å². The number of para-hydroxylation sites is 1. The van der Waals surface area contributed by atoms with Crippen molar-refractivity contribution in [3.05, 3.63) is 59.7 Å². The Kier molecular flexibility index (Phi) is 5.99. The number of anilines is 1. The minimum atomic E-state index is -3.92. The molecule has 8 heteroatoms. The van der Waals surface area contributed by atoms with Gasteiger partial charge in [-0.2, -0.15) is 0 Å². The summed E-state index contributed by atoms with van der Waals surface area (Å²) in [6.07, 6.45) is 0. The quantitative estimate of drug-likeness (QED) is 0.782. The molecule has 7 nitrogen and oxygen atoms in total. The lowest BCUT2D eigenvalue weighted by molar-refractivity contribution is 0.0526. The van der Waals surface area contributed by atoms with Crippen molar-refractivity contribution in [2.45, 2.75) is 11.8 Å². The van der Waals surface area contributed by atoms with Gasteiger partial charge in [-0.3, -0.25) is 9.52 Å². The molecule has 0 aliphatic rings. The van der Waals surface area contributed by atoms with E-state index < -0.39 is 16.0 Å². The van der Waals surface area contributed by atoms with Crippen LogP contribution in [-0.2, 0) is 14.8 Å². The van der Waals surface area contributed by atoms with Gasteiger partial charge in [-0.05, 0) is 43.3 Å². The molecule has 2 aromatic rings. The maximum Gasteiger partial charge on any atom is 0.338 e. The highest BCUT2D eigenvalue weighted by molar-refractivity contribution is 7.92. The van der Waals surface area contributed by atoms with Crippen LogP contribution in [0.4, 0.5) is 5.69 Å². The van der Waals surface area contributed by atoms with E-state index in [4.69, 9.17) is 4.74 Å². The molecule has 0 heterocycles. The fourth-order valence-electron chi connectivity index (χ4n) is 2.19. The van der Waals surface area contributed by atoms with Crippen LogP contribution >= 0.6 is 0 Å². The van der Waals surface area contributed by atoms with Gasteiger partial charge in [-0.25, -0.2) is 13.2 Å². The molecule has 0 spiro atoms. The van der Waals surface area contributed by atoms with Crippen LogP contribution in [0.3, 0.4) is 0 Å². The molecule has 0 bridgehead atoms. The van der Waals surface area contributed by atoms with E-state index in [2.05, 4.69) is 4.72 Å². The van der Waals surface area contributed by atoms with Gasteiger partial charge < -0.3 is 9.64 Å². The molecule has 138 valence electrons. The van der Waals surface area contributed by atoms with Gasteiger partial charge in [0, 0.05) is 14.1 Å². The summed E-state index contributed by atoms with van der Waals surface area (Å²) >= 11 is 0. The van der Waals surface area contributed by atoms with Crippen molar-refractivity contribution in [1.82, 2.24) is 4.90 Å². The van der Waals surface area contributed by atoms with Crippen molar-refractivity contribution in [1.29, 1.82) is 0 Å². The molecule has 0 aliphatic heterocycles. The number of nitrogens with one attached hydrogen (secondary N) is 1. The van der Waals surface area contributed by atoms with Crippen LogP contribution in [0.2, 0.25) is 0 Å². The monoisotopic (exact) mass is 376 g/mol. The van der Waals surface area contributed by atoms with Crippen LogP contribution in [0, 0.1) is 0 Å². The molecule has 0 radical (unpaired) electrons. The van der Waals surface area contributed by atoms with Crippen molar-refractivity contribution < 1.29 is 22.7 Å². The van der Waals surface area contributed by atoms with E-state index in [9.17, 15) is 18.0 Å². The first-order valence-corrected chi connectivity index (χ1v) is 9.35. The zero-order valence-electron chi connectivity index (χ0n) is 14.7. The van der Waals surface area contributed by atoms with Crippen LogP contribution < -0.4 is 4.72 Å². The lowest BCUT2D eigenvalue weighted by atomic mass is 10.1. The highest BCUT2D eigenvalue weighted by Crippen LogP contribution is 2.21. The minimum Gasteiger partial charge on any atom is -0.462 e. The Bertz CT molecular complexity index is 905. The molecule has 2 rings (SSSR count). The first-order chi connectivity index (χ1) is 12.3. The van der Waals surface area contributed by atoms with Gasteiger partial charge >= 0.3 is 5.97 Å². The summed E-state index contributed by atoms with van der Waals surface area (Å²) < 4.78 is 32.5. The molecule has 0 unspecified atom stereocenters. The SMILES string of the molecule is CCOC(=O)c1ccc(S(=O)(=O)Nc2ccccc2C(=O)N(C)C)cc1. The van der Waals surface area contributed by atoms with Gasteiger partial charge in [-0.1, -0.05) is 12.1 Å². The smallest absolute Gasteiger partial charge is 0.338 e.